The highest BCUT2D eigenvalue weighted by Crippen LogP contribution is 2.58. The zero-order valence-corrected chi connectivity index (χ0v) is 18.2. The summed E-state index contributed by atoms with van der Waals surface area (Å²) in [4.78, 5) is 24.8. The summed E-state index contributed by atoms with van der Waals surface area (Å²) in [6.45, 7) is 2.00. The number of aliphatic hydroxyl groups is 1. The van der Waals surface area contributed by atoms with Crippen LogP contribution in [0.25, 0.3) is 10.8 Å². The summed E-state index contributed by atoms with van der Waals surface area (Å²) in [6.07, 6.45) is -4.59. The van der Waals surface area contributed by atoms with Gasteiger partial charge in [0.25, 0.3) is 5.91 Å². The molecule has 1 saturated carbocycles. The van der Waals surface area contributed by atoms with Gasteiger partial charge in [-0.1, -0.05) is 23.4 Å². The third-order valence-electron chi connectivity index (χ3n) is 6.73. The quantitative estimate of drug-likeness (QED) is 0.584. The Kier molecular flexibility index (Phi) is 4.98. The van der Waals surface area contributed by atoms with Crippen LogP contribution >= 0.6 is 0 Å². The molecule has 1 fully saturated rings. The first-order valence-electron chi connectivity index (χ1n) is 10.8. The van der Waals surface area contributed by atoms with Crippen LogP contribution in [0.3, 0.4) is 0 Å². The molecule has 0 bridgehead atoms. The van der Waals surface area contributed by atoms with Crippen molar-refractivity contribution in [3.8, 4) is 5.75 Å². The van der Waals surface area contributed by atoms with Gasteiger partial charge in [-0.2, -0.15) is 13.2 Å². The maximum Gasteiger partial charge on any atom is 0.426 e. The summed E-state index contributed by atoms with van der Waals surface area (Å²) >= 11 is 0. The molecule has 178 valence electrons. The minimum atomic E-state index is -5.22. The summed E-state index contributed by atoms with van der Waals surface area (Å²) in [6, 6.07) is 9.26. The average molecular weight is 474 g/mol. The monoisotopic (exact) mass is 474 g/mol. The van der Waals surface area contributed by atoms with Crippen LogP contribution < -0.4 is 15.7 Å². The fourth-order valence-corrected chi connectivity index (χ4v) is 4.67. The number of hydrogen-bond donors (Lipinski definition) is 2. The van der Waals surface area contributed by atoms with Crippen molar-refractivity contribution in [3.05, 3.63) is 63.6 Å². The number of rotatable bonds is 5. The molecule has 5 rings (SSSR count). The molecule has 10 heteroatoms. The van der Waals surface area contributed by atoms with E-state index < -0.39 is 35.1 Å². The van der Waals surface area contributed by atoms with Gasteiger partial charge < -0.3 is 19.7 Å². The zero-order chi connectivity index (χ0) is 24.3. The van der Waals surface area contributed by atoms with Crippen molar-refractivity contribution in [3.63, 3.8) is 0 Å². The van der Waals surface area contributed by atoms with Gasteiger partial charge in [-0.15, -0.1) is 0 Å². The van der Waals surface area contributed by atoms with E-state index in [0.717, 1.165) is 5.56 Å². The molecule has 1 aliphatic heterocycles. The molecule has 2 N–H and O–H groups in total. The highest BCUT2D eigenvalue weighted by molar-refractivity contribution is 6.00. The highest BCUT2D eigenvalue weighted by Gasteiger charge is 2.65. The number of hydrogen-bond acceptors (Lipinski definition) is 6. The fourth-order valence-electron chi connectivity index (χ4n) is 4.67. The molecule has 2 aromatic carbocycles. The highest BCUT2D eigenvalue weighted by atomic mass is 19.4. The molecule has 2 aliphatic rings. The average Bonchev–Trinajstić information content (AvgIpc) is 3.39. The Morgan fingerprint density at radius 2 is 1.97 bits per heavy atom. The Morgan fingerprint density at radius 3 is 2.68 bits per heavy atom. The Morgan fingerprint density at radius 1 is 1.21 bits per heavy atom. The minimum absolute atomic E-state index is 0.00976. The number of carbonyl (C=O) groups excluding carboxylic acids is 1. The van der Waals surface area contributed by atoms with Crippen LogP contribution in [0.2, 0.25) is 0 Å². The number of halogens is 3. The van der Waals surface area contributed by atoms with Crippen LogP contribution in [-0.4, -0.2) is 34.6 Å². The van der Waals surface area contributed by atoms with Gasteiger partial charge in [0.05, 0.1) is 17.7 Å². The van der Waals surface area contributed by atoms with E-state index in [1.807, 2.05) is 6.07 Å². The van der Waals surface area contributed by atoms with E-state index in [9.17, 15) is 27.9 Å². The van der Waals surface area contributed by atoms with Crippen LogP contribution in [-0.2, 0) is 16.6 Å². The summed E-state index contributed by atoms with van der Waals surface area (Å²) in [5.41, 5.74) is -3.54. The second kappa shape index (κ2) is 7.56. The topological polar surface area (TPSA) is 102 Å². The zero-order valence-electron chi connectivity index (χ0n) is 18.2. The number of alkyl halides is 3. The maximum atomic E-state index is 14.2. The summed E-state index contributed by atoms with van der Waals surface area (Å²) in [5, 5.41) is 17.1. The predicted molar refractivity (Wildman–Crippen MR) is 116 cm³/mol. The van der Waals surface area contributed by atoms with Crippen molar-refractivity contribution < 1.29 is 32.3 Å². The lowest BCUT2D eigenvalue weighted by Gasteiger charge is -2.33. The lowest BCUT2D eigenvalue weighted by atomic mass is 9.81. The number of ether oxygens (including phenoxy) is 1. The van der Waals surface area contributed by atoms with Crippen molar-refractivity contribution >= 4 is 22.4 Å². The Hall–Kier alpha value is -3.40. The lowest BCUT2D eigenvalue weighted by molar-refractivity contribution is -0.253. The van der Waals surface area contributed by atoms with Crippen molar-refractivity contribution in [1.82, 2.24) is 5.16 Å². The van der Waals surface area contributed by atoms with Gasteiger partial charge in [-0.3, -0.25) is 4.79 Å². The van der Waals surface area contributed by atoms with E-state index in [1.54, 1.807) is 19.1 Å². The van der Waals surface area contributed by atoms with Crippen molar-refractivity contribution in [2.24, 2.45) is 0 Å². The van der Waals surface area contributed by atoms with Crippen LogP contribution in [0.1, 0.15) is 36.1 Å². The van der Waals surface area contributed by atoms with Gasteiger partial charge in [0.2, 0.25) is 5.60 Å². The molecule has 1 amide bonds. The Balaban J connectivity index is 1.48. The third kappa shape index (κ3) is 3.53. The largest absolute Gasteiger partial charge is 0.493 e. The SMILES string of the molecule is Cc1noc(=O)c2ccc(NC(=O)C(O)(CC3(c4cccc5c4OCC5)CC3)C(F)(F)F)cc12. The number of nitrogens with zero attached hydrogens (tertiary/aromatic N) is 1. The van der Waals surface area contributed by atoms with Crippen LogP contribution in [0.5, 0.6) is 5.75 Å². The molecule has 34 heavy (non-hydrogen) atoms. The molecule has 7 nitrogen and oxygen atoms in total. The molecule has 2 heterocycles. The first kappa shape index (κ1) is 22.4. The number of nitrogens with one attached hydrogen (secondary N) is 1. The first-order chi connectivity index (χ1) is 16.0. The molecule has 1 unspecified atom stereocenters. The molecule has 3 aromatic rings. The van der Waals surface area contributed by atoms with Crippen molar-refractivity contribution in [1.29, 1.82) is 0 Å². The number of aryl methyl sites for hydroxylation is 1. The number of anilines is 1. The Bertz CT molecular complexity index is 1360. The van der Waals surface area contributed by atoms with E-state index >= 15 is 0 Å². The van der Waals surface area contributed by atoms with Crippen molar-refractivity contribution in [2.75, 3.05) is 11.9 Å². The van der Waals surface area contributed by atoms with Gasteiger partial charge in [0.15, 0.2) is 0 Å². The molecule has 0 saturated heterocycles. The number of benzene rings is 2. The van der Waals surface area contributed by atoms with E-state index in [1.165, 1.54) is 18.2 Å². The number of para-hydroxylation sites is 1. The van der Waals surface area contributed by atoms with E-state index in [2.05, 4.69) is 15.0 Å². The number of amides is 1. The van der Waals surface area contributed by atoms with Gasteiger partial charge in [-0.25, -0.2) is 4.79 Å². The Labute approximate surface area is 191 Å². The van der Waals surface area contributed by atoms with Crippen LogP contribution in [0, 0.1) is 6.92 Å². The third-order valence-corrected chi connectivity index (χ3v) is 6.73. The standard InChI is InChI=1S/C24H21F3N2O5/c1-13-17-11-15(5-6-16(17)20(30)34-29-13)28-21(31)23(32,24(25,26)27)12-22(8-9-22)18-4-2-3-14-7-10-33-19(14)18/h2-6,11,32H,7-10,12H2,1H3,(H,28,31). The summed E-state index contributed by atoms with van der Waals surface area (Å²) in [7, 11) is 0. The van der Waals surface area contributed by atoms with Crippen LogP contribution in [0.4, 0.5) is 18.9 Å². The van der Waals surface area contributed by atoms with Gasteiger partial charge >= 0.3 is 11.8 Å². The molecule has 1 atom stereocenters. The van der Waals surface area contributed by atoms with Gasteiger partial charge in [0.1, 0.15) is 5.75 Å². The lowest BCUT2D eigenvalue weighted by Crippen LogP contribution is -2.56. The summed E-state index contributed by atoms with van der Waals surface area (Å²) in [5.74, 6) is -1.03. The smallest absolute Gasteiger partial charge is 0.426 e. The minimum Gasteiger partial charge on any atom is -0.493 e. The maximum absolute atomic E-state index is 14.2. The molecular formula is C24H21F3N2O5. The van der Waals surface area contributed by atoms with E-state index in [0.29, 0.717) is 48.3 Å². The number of carbonyl (C=O) groups is 1. The van der Waals surface area contributed by atoms with Crippen LogP contribution in [0.15, 0.2) is 45.7 Å². The van der Waals surface area contributed by atoms with E-state index in [-0.39, 0.29) is 11.1 Å². The van der Waals surface area contributed by atoms with Crippen molar-refractivity contribution in [2.45, 2.75) is 49.8 Å². The molecular weight excluding hydrogens is 453 g/mol. The van der Waals surface area contributed by atoms with Gasteiger partial charge in [-0.05, 0) is 43.5 Å². The first-order valence-corrected chi connectivity index (χ1v) is 10.8. The fraction of sp³-hybridized carbons (Fsp3) is 0.375. The molecule has 1 aromatic heterocycles. The predicted octanol–water partition coefficient (Wildman–Crippen LogP) is 3.79. The number of fused-ring (bicyclic) bond motifs is 2. The molecule has 1 aliphatic carbocycles. The van der Waals surface area contributed by atoms with Gasteiger partial charge in [0, 0.05) is 34.9 Å². The molecule has 0 spiro atoms. The second-order valence-electron chi connectivity index (χ2n) is 8.98. The van der Waals surface area contributed by atoms with E-state index in [4.69, 9.17) is 4.74 Å². The molecule has 0 radical (unpaired) electrons. The second-order valence-corrected chi connectivity index (χ2v) is 8.98. The summed E-state index contributed by atoms with van der Waals surface area (Å²) < 4.78 is 52.8. The normalized spacial score (nSPS) is 18.1. The number of aromatic nitrogens is 1.